The van der Waals surface area contributed by atoms with E-state index in [-0.39, 0.29) is 17.0 Å². The number of hydrogen-bond donors (Lipinski definition) is 6. The minimum atomic E-state index is -4.26. The Hall–Kier alpha value is -1.94. The van der Waals surface area contributed by atoms with Gasteiger partial charge in [-0.15, -0.1) is 0 Å². The van der Waals surface area contributed by atoms with E-state index in [0.717, 1.165) is 0 Å². The number of rotatable bonds is 2. The molecule has 4 aliphatic rings. The van der Waals surface area contributed by atoms with Gasteiger partial charge in [-0.3, -0.25) is 22.7 Å². The molecule has 0 aliphatic carbocycles. The number of anilines is 1. The average molecular weight is 692 g/mol. The van der Waals surface area contributed by atoms with E-state index in [2.05, 4.69) is 37.2 Å². The maximum Gasteiger partial charge on any atom is 0.386 e. The van der Waals surface area contributed by atoms with Gasteiger partial charge in [0.25, 0.3) is 0 Å². The number of aliphatic imine (C=N–C) groups is 1. The molecule has 7 heterocycles. The molecule has 0 amide bonds. The highest BCUT2D eigenvalue weighted by molar-refractivity contribution is 8.44. The van der Waals surface area contributed by atoms with Crippen LogP contribution in [0, 0.1) is 0 Å². The summed E-state index contributed by atoms with van der Waals surface area (Å²) in [4.78, 5) is 32.0. The monoisotopic (exact) mass is 691 g/mol. The van der Waals surface area contributed by atoms with Gasteiger partial charge in [0.2, 0.25) is 0 Å². The summed E-state index contributed by atoms with van der Waals surface area (Å²) in [5.74, 6) is 0.479. The fraction of sp³-hybridized carbons (Fsp3) is 0.571. The van der Waals surface area contributed by atoms with Crippen molar-refractivity contribution in [3.8, 4) is 0 Å². The van der Waals surface area contributed by atoms with Crippen molar-refractivity contribution in [2.75, 3.05) is 18.9 Å². The van der Waals surface area contributed by atoms with E-state index in [9.17, 15) is 19.7 Å². The molecule has 23 heteroatoms. The summed E-state index contributed by atoms with van der Waals surface area (Å²) in [7, 11) is 0. The van der Waals surface area contributed by atoms with Crippen LogP contribution in [0.25, 0.3) is 11.2 Å². The van der Waals surface area contributed by atoms with Gasteiger partial charge in [0, 0.05) is 12.6 Å². The van der Waals surface area contributed by atoms with Crippen molar-refractivity contribution in [2.24, 2.45) is 10.7 Å². The summed E-state index contributed by atoms with van der Waals surface area (Å²) < 4.78 is 51.0. The van der Waals surface area contributed by atoms with Crippen molar-refractivity contribution in [2.45, 2.75) is 61.5 Å². The third-order valence-electron chi connectivity index (χ3n) is 7.59. The molecule has 5 unspecified atom stereocenters. The van der Waals surface area contributed by atoms with E-state index in [1.54, 1.807) is 6.21 Å². The van der Waals surface area contributed by atoms with Gasteiger partial charge >= 0.3 is 13.5 Å². The van der Waals surface area contributed by atoms with Crippen LogP contribution in [0.3, 0.4) is 0 Å². The summed E-state index contributed by atoms with van der Waals surface area (Å²) in [6.07, 6.45) is -4.21. The van der Waals surface area contributed by atoms with Crippen molar-refractivity contribution in [1.29, 1.82) is 0 Å². The first-order chi connectivity index (χ1) is 20.9. The number of aliphatic hydroxyl groups is 2. The maximum absolute atomic E-state index is 13.4. The highest BCUT2D eigenvalue weighted by Gasteiger charge is 2.53. The van der Waals surface area contributed by atoms with Crippen LogP contribution in [-0.2, 0) is 43.9 Å². The first-order valence-corrected chi connectivity index (χ1v) is 18.5. The molecule has 0 spiro atoms. The highest BCUT2D eigenvalue weighted by atomic mass is 32.7. The molecule has 0 saturated carbocycles. The third kappa shape index (κ3) is 5.43. The fourth-order valence-electron chi connectivity index (χ4n) is 5.48. The molecule has 238 valence electrons. The number of aromatic nitrogens is 6. The molecule has 44 heavy (non-hydrogen) atoms. The summed E-state index contributed by atoms with van der Waals surface area (Å²) in [6, 6.07) is -0.408. The van der Waals surface area contributed by atoms with E-state index < -0.39 is 81.9 Å². The van der Waals surface area contributed by atoms with E-state index in [1.807, 2.05) is 0 Å². The quantitative estimate of drug-likeness (QED) is 0.153. The zero-order valence-electron chi connectivity index (χ0n) is 22.4. The first kappa shape index (κ1) is 30.7. The van der Waals surface area contributed by atoms with Crippen molar-refractivity contribution < 1.29 is 47.2 Å². The van der Waals surface area contributed by atoms with Gasteiger partial charge in [-0.1, -0.05) is 12.2 Å². The summed E-state index contributed by atoms with van der Waals surface area (Å²) in [5, 5.41) is 22.4. The SMILES string of the molecule is Nc1ncnc2c1ncn2[C@@H]1O[C@@H]2COP(O)(=S)O[C@H]3C(O)[C@@H](COP(=O)(S)O[C@@H]2C1O)O[C@H]3n1cnc2c1N=CCC2N. The number of imidazole rings is 2. The molecule has 3 aromatic rings. The molecule has 3 aromatic heterocycles. The van der Waals surface area contributed by atoms with Gasteiger partial charge in [0.1, 0.15) is 54.2 Å². The van der Waals surface area contributed by atoms with Crippen LogP contribution in [-0.4, -0.2) is 100 Å². The molecule has 0 radical (unpaired) electrons. The molecular weight excluding hydrogens is 664 g/mol. The van der Waals surface area contributed by atoms with Gasteiger partial charge < -0.3 is 40.6 Å². The van der Waals surface area contributed by atoms with Gasteiger partial charge in [-0.05, 0) is 11.8 Å². The van der Waals surface area contributed by atoms with E-state index in [4.69, 9.17) is 50.8 Å². The largest absolute Gasteiger partial charge is 0.387 e. The summed E-state index contributed by atoms with van der Waals surface area (Å²) >= 11 is 9.38. The zero-order chi connectivity index (χ0) is 31.0. The number of fused-ring (bicyclic) bond motifs is 5. The second-order valence-corrected chi connectivity index (χ2v) is 16.0. The van der Waals surface area contributed by atoms with Crippen LogP contribution in [0.15, 0.2) is 24.0 Å². The van der Waals surface area contributed by atoms with Crippen LogP contribution in [0.1, 0.15) is 30.6 Å². The zero-order valence-corrected chi connectivity index (χ0v) is 25.9. The smallest absolute Gasteiger partial charge is 0.386 e. The van der Waals surface area contributed by atoms with Gasteiger partial charge in [-0.2, -0.15) is 0 Å². The van der Waals surface area contributed by atoms with Gasteiger partial charge in [0.15, 0.2) is 29.7 Å². The Morgan fingerprint density at radius 3 is 2.55 bits per heavy atom. The molecular formula is C21H27N9O10P2S2. The minimum Gasteiger partial charge on any atom is -0.387 e. The lowest BCUT2D eigenvalue weighted by molar-refractivity contribution is -0.0599. The summed E-state index contributed by atoms with van der Waals surface area (Å²) in [5.41, 5.74) is 13.1. The van der Waals surface area contributed by atoms with Crippen LogP contribution in [0.5, 0.6) is 0 Å². The number of nitrogen functional groups attached to an aromatic ring is 1. The van der Waals surface area contributed by atoms with Crippen molar-refractivity contribution >= 4 is 66.6 Å². The maximum atomic E-state index is 13.4. The lowest BCUT2D eigenvalue weighted by Gasteiger charge is -2.28. The molecule has 11 atom stereocenters. The van der Waals surface area contributed by atoms with Crippen LogP contribution in [0.4, 0.5) is 11.6 Å². The molecule has 19 nitrogen and oxygen atoms in total. The normalized spacial score (nSPS) is 41.1. The van der Waals surface area contributed by atoms with Crippen molar-refractivity contribution in [1.82, 2.24) is 29.1 Å². The van der Waals surface area contributed by atoms with Gasteiger partial charge in [-0.25, -0.2) is 29.5 Å². The van der Waals surface area contributed by atoms with Crippen LogP contribution < -0.4 is 11.5 Å². The Balaban J connectivity index is 1.19. The third-order valence-corrected chi connectivity index (χ3v) is 10.8. The van der Waals surface area contributed by atoms with Gasteiger partial charge in [0.05, 0.1) is 31.9 Å². The van der Waals surface area contributed by atoms with Crippen LogP contribution in [0.2, 0.25) is 0 Å². The lowest BCUT2D eigenvalue weighted by Crippen LogP contribution is -2.36. The number of aliphatic hydroxyl groups excluding tert-OH is 2. The van der Waals surface area contributed by atoms with E-state index in [1.165, 1.54) is 28.1 Å². The second kappa shape index (κ2) is 11.4. The summed E-state index contributed by atoms with van der Waals surface area (Å²) in [6.45, 7) is -9.40. The standard InChI is InChI=1S/C21H27N9O10P2S2/c22-8-1-2-24-18-11(8)27-6-30(18)21-16-13(31)9(37-21)3-35-41(33,43)39-15-10(4-36-42(34,44)40-16)38-20(14(15)32)29-7-28-12-17(23)25-5-26-19(12)29/h2,5-10,13-16,20-21,31-32H,1,3-4,22H2,(H,33,43)(H,34,44)(H2,23,25,26)/t8?,9-,10-,13?,14?,15+,16+,20-,21-,41?,42?/m1/s1. The van der Waals surface area contributed by atoms with Crippen molar-refractivity contribution in [3.63, 3.8) is 0 Å². The Bertz CT molecular complexity index is 1710. The Morgan fingerprint density at radius 1 is 0.977 bits per heavy atom. The topological polar surface area (TPSA) is 259 Å². The molecule has 3 saturated heterocycles. The number of hydrogen-bond acceptors (Lipinski definition) is 17. The van der Waals surface area contributed by atoms with Crippen molar-refractivity contribution in [3.05, 3.63) is 24.7 Å². The average Bonchev–Trinajstić information content (AvgIpc) is 3.73. The Kier molecular flexibility index (Phi) is 7.95. The fourth-order valence-corrected chi connectivity index (χ4v) is 8.39. The molecule has 2 bridgehead atoms. The predicted molar refractivity (Wildman–Crippen MR) is 156 cm³/mol. The molecule has 4 aliphatic heterocycles. The minimum absolute atomic E-state index is 0.109. The molecule has 7 N–H and O–H groups in total. The van der Waals surface area contributed by atoms with Crippen LogP contribution >= 0.6 is 25.8 Å². The van der Waals surface area contributed by atoms with E-state index >= 15 is 0 Å². The number of ether oxygens (including phenoxy) is 2. The predicted octanol–water partition coefficient (Wildman–Crippen LogP) is -0.000500. The highest BCUT2D eigenvalue weighted by Crippen LogP contribution is 2.58. The number of nitrogens with two attached hydrogens (primary N) is 2. The first-order valence-electron chi connectivity index (χ1n) is 13.2. The molecule has 0 aromatic carbocycles. The lowest BCUT2D eigenvalue weighted by atomic mass is 10.1. The second-order valence-electron chi connectivity index (χ2n) is 10.4. The molecule has 7 rings (SSSR count). The molecule has 3 fully saturated rings. The number of nitrogens with zero attached hydrogens (tertiary/aromatic N) is 7. The number of thiol groups is 1. The Labute approximate surface area is 258 Å². The Morgan fingerprint density at radius 2 is 1.73 bits per heavy atom. The van der Waals surface area contributed by atoms with E-state index in [0.29, 0.717) is 17.9 Å².